The number of carbonyl (C=O) groups excluding carboxylic acids is 1. The first-order valence-electron chi connectivity index (χ1n) is 10.6. The molecule has 0 radical (unpaired) electrons. The Labute approximate surface area is 194 Å². The van der Waals surface area contributed by atoms with Crippen LogP contribution in [0.3, 0.4) is 0 Å². The molecule has 0 unspecified atom stereocenters. The van der Waals surface area contributed by atoms with Crippen LogP contribution in [0.5, 0.6) is 0 Å². The Morgan fingerprint density at radius 1 is 1.00 bits per heavy atom. The summed E-state index contributed by atoms with van der Waals surface area (Å²) in [5.41, 5.74) is 1.81. The van der Waals surface area contributed by atoms with Crippen LogP contribution in [0.25, 0.3) is 10.9 Å². The Balaban J connectivity index is 1.75. The molecule has 33 heavy (non-hydrogen) atoms. The Hall–Kier alpha value is -3.64. The number of carbonyl (C=O) groups is 1. The number of esters is 1. The normalized spacial score (nSPS) is 17.2. The van der Waals surface area contributed by atoms with E-state index in [9.17, 15) is 14.0 Å². The maximum Gasteiger partial charge on any atom is 0.343 e. The summed E-state index contributed by atoms with van der Waals surface area (Å²) in [6, 6.07) is 22.3. The van der Waals surface area contributed by atoms with E-state index in [0.29, 0.717) is 5.52 Å². The summed E-state index contributed by atoms with van der Waals surface area (Å²) in [6.45, 7) is 1.78. The van der Waals surface area contributed by atoms with Crippen LogP contribution in [0.15, 0.2) is 83.8 Å². The van der Waals surface area contributed by atoms with E-state index in [1.165, 1.54) is 12.3 Å². The van der Waals surface area contributed by atoms with E-state index in [0.717, 1.165) is 17.2 Å². The first-order chi connectivity index (χ1) is 16.0. The summed E-state index contributed by atoms with van der Waals surface area (Å²) in [5, 5.41) is 2.01. The van der Waals surface area contributed by atoms with Gasteiger partial charge in [0.25, 0.3) is 0 Å². The predicted molar refractivity (Wildman–Crippen MR) is 126 cm³/mol. The molecule has 2 atom stereocenters. The maximum atomic E-state index is 14.3. The van der Waals surface area contributed by atoms with Crippen molar-refractivity contribution in [2.45, 2.75) is 19.0 Å². The van der Waals surface area contributed by atoms with Gasteiger partial charge in [-0.3, -0.25) is 14.5 Å². The number of pyridine rings is 1. The number of fused-ring (bicyclic) bond motifs is 1. The van der Waals surface area contributed by atoms with Gasteiger partial charge in [-0.2, -0.15) is 0 Å². The van der Waals surface area contributed by atoms with E-state index in [2.05, 4.69) is 0 Å². The number of halogens is 2. The standard InChI is InChI=1S/C26H20ClFN2O3/c1-2-33-26(32)19-15-29(22-14-20(27)21(28)13-18(22)25(19)31)30-23(16-9-5-3-6-10-16)24(30)17-11-7-4-8-12-17/h3-15,23-24H,2H2,1H3/t23-,24-/m0/s1. The fourth-order valence-electron chi connectivity index (χ4n) is 4.31. The molecule has 3 aromatic carbocycles. The molecule has 5 rings (SSSR count). The van der Waals surface area contributed by atoms with Gasteiger partial charge in [-0.1, -0.05) is 72.3 Å². The number of ether oxygens (including phenoxy) is 1. The number of nitrogens with zero attached hydrogens (tertiary/aromatic N) is 2. The second-order valence-electron chi connectivity index (χ2n) is 7.81. The van der Waals surface area contributed by atoms with Crippen molar-refractivity contribution < 1.29 is 13.9 Å². The fraction of sp³-hybridized carbons (Fsp3) is 0.154. The van der Waals surface area contributed by atoms with Crippen LogP contribution in [-0.2, 0) is 4.74 Å². The first-order valence-corrected chi connectivity index (χ1v) is 11.0. The smallest absolute Gasteiger partial charge is 0.343 e. The minimum atomic E-state index is -0.747. The average Bonchev–Trinajstić information content (AvgIpc) is 3.57. The van der Waals surface area contributed by atoms with Crippen molar-refractivity contribution in [1.29, 1.82) is 0 Å². The van der Waals surface area contributed by atoms with Gasteiger partial charge in [0.2, 0.25) is 5.43 Å². The molecule has 0 spiro atoms. The van der Waals surface area contributed by atoms with Gasteiger partial charge < -0.3 is 4.74 Å². The third-order valence-corrected chi connectivity index (χ3v) is 6.12. The SMILES string of the molecule is CCOC(=O)c1cn(N2[C@@H](c3ccccc3)[C@@H]2c2ccccc2)c2cc(Cl)c(F)cc2c1=O. The lowest BCUT2D eigenvalue weighted by atomic mass is 10.0. The highest BCUT2D eigenvalue weighted by Gasteiger charge is 2.50. The third kappa shape index (κ3) is 3.66. The molecule has 5 nitrogen and oxygen atoms in total. The van der Waals surface area contributed by atoms with Crippen LogP contribution in [0.2, 0.25) is 5.02 Å². The molecule has 1 aromatic heterocycles. The first kappa shape index (κ1) is 21.2. The molecule has 0 bridgehead atoms. The number of hydrogen-bond donors (Lipinski definition) is 0. The van der Waals surface area contributed by atoms with Gasteiger partial charge >= 0.3 is 5.97 Å². The van der Waals surface area contributed by atoms with Crippen LogP contribution in [-0.4, -0.2) is 17.3 Å². The Morgan fingerprint density at radius 3 is 2.12 bits per heavy atom. The molecule has 166 valence electrons. The van der Waals surface area contributed by atoms with Gasteiger partial charge in [0.1, 0.15) is 11.4 Å². The summed E-state index contributed by atoms with van der Waals surface area (Å²) >= 11 is 6.10. The molecule has 7 heteroatoms. The van der Waals surface area contributed by atoms with Crippen LogP contribution < -0.4 is 10.4 Å². The van der Waals surface area contributed by atoms with Crippen molar-refractivity contribution in [3.8, 4) is 0 Å². The Kier molecular flexibility index (Phi) is 5.38. The Morgan fingerprint density at radius 2 is 1.58 bits per heavy atom. The largest absolute Gasteiger partial charge is 0.462 e. The highest BCUT2D eigenvalue weighted by Crippen LogP contribution is 2.53. The molecule has 1 saturated heterocycles. The summed E-state index contributed by atoms with van der Waals surface area (Å²) < 4.78 is 21.2. The predicted octanol–water partition coefficient (Wildman–Crippen LogP) is 5.40. The lowest BCUT2D eigenvalue weighted by Crippen LogP contribution is -2.25. The zero-order chi connectivity index (χ0) is 23.1. The summed E-state index contributed by atoms with van der Waals surface area (Å²) in [4.78, 5) is 25.6. The van der Waals surface area contributed by atoms with Crippen molar-refractivity contribution in [2.24, 2.45) is 0 Å². The summed E-state index contributed by atoms with van der Waals surface area (Å²) in [7, 11) is 0. The second kappa shape index (κ2) is 8.37. The molecule has 1 fully saturated rings. The van der Waals surface area contributed by atoms with E-state index in [4.69, 9.17) is 16.3 Å². The van der Waals surface area contributed by atoms with E-state index < -0.39 is 17.2 Å². The number of rotatable bonds is 5. The van der Waals surface area contributed by atoms with Crippen LogP contribution in [0, 0.1) is 5.82 Å². The molecule has 0 saturated carbocycles. The van der Waals surface area contributed by atoms with Crippen molar-refractivity contribution in [1.82, 2.24) is 4.68 Å². The maximum absolute atomic E-state index is 14.3. The van der Waals surface area contributed by atoms with Gasteiger partial charge in [0.15, 0.2) is 0 Å². The van der Waals surface area contributed by atoms with Crippen LogP contribution in [0.1, 0.15) is 40.5 Å². The lowest BCUT2D eigenvalue weighted by molar-refractivity contribution is 0.0524. The fourth-order valence-corrected chi connectivity index (χ4v) is 4.46. The Bertz CT molecular complexity index is 1360. The van der Waals surface area contributed by atoms with E-state index >= 15 is 0 Å². The number of aromatic nitrogens is 1. The van der Waals surface area contributed by atoms with Crippen molar-refractivity contribution in [3.05, 3.63) is 117 Å². The van der Waals surface area contributed by atoms with Gasteiger partial charge in [-0.15, -0.1) is 0 Å². The van der Waals surface area contributed by atoms with E-state index in [1.807, 2.05) is 65.7 Å². The molecular formula is C26H20ClFN2O3. The highest BCUT2D eigenvalue weighted by molar-refractivity contribution is 6.31. The van der Waals surface area contributed by atoms with E-state index in [-0.39, 0.29) is 34.7 Å². The molecule has 0 N–H and O–H groups in total. The third-order valence-electron chi connectivity index (χ3n) is 5.83. The minimum absolute atomic E-state index is 0.0572. The van der Waals surface area contributed by atoms with Crippen molar-refractivity contribution >= 4 is 28.5 Å². The van der Waals surface area contributed by atoms with Gasteiger partial charge in [-0.25, -0.2) is 9.18 Å². The quantitative estimate of drug-likeness (QED) is 0.294. The molecule has 2 heterocycles. The van der Waals surface area contributed by atoms with Gasteiger partial charge in [0, 0.05) is 6.20 Å². The highest BCUT2D eigenvalue weighted by atomic mass is 35.5. The molecule has 0 aliphatic carbocycles. The van der Waals surface area contributed by atoms with Crippen molar-refractivity contribution in [2.75, 3.05) is 11.6 Å². The van der Waals surface area contributed by atoms with Crippen LogP contribution >= 0.6 is 11.6 Å². The molecular weight excluding hydrogens is 443 g/mol. The minimum Gasteiger partial charge on any atom is -0.462 e. The monoisotopic (exact) mass is 462 g/mol. The molecule has 0 amide bonds. The topological polar surface area (TPSA) is 51.3 Å². The molecule has 1 aliphatic rings. The van der Waals surface area contributed by atoms with Gasteiger partial charge in [-0.05, 0) is 30.2 Å². The second-order valence-corrected chi connectivity index (χ2v) is 8.22. The zero-order valence-electron chi connectivity index (χ0n) is 17.7. The van der Waals surface area contributed by atoms with Crippen LogP contribution in [0.4, 0.5) is 4.39 Å². The number of hydrogen-bond acceptors (Lipinski definition) is 4. The summed E-state index contributed by atoms with van der Waals surface area (Å²) in [6.07, 6.45) is 1.47. The van der Waals surface area contributed by atoms with Crippen molar-refractivity contribution in [3.63, 3.8) is 0 Å². The van der Waals surface area contributed by atoms with Gasteiger partial charge in [0.05, 0.1) is 34.6 Å². The summed E-state index contributed by atoms with van der Waals surface area (Å²) in [5.74, 6) is -1.47. The molecule has 1 aliphatic heterocycles. The average molecular weight is 463 g/mol. The lowest BCUT2D eigenvalue weighted by Gasteiger charge is -2.17. The van der Waals surface area contributed by atoms with E-state index in [1.54, 1.807) is 11.6 Å². The molecule has 4 aromatic rings. The number of benzene rings is 3. The zero-order valence-corrected chi connectivity index (χ0v) is 18.5.